The molecule has 1 N–H and O–H groups in total. The summed E-state index contributed by atoms with van der Waals surface area (Å²) in [5, 5.41) is 15.4. The summed E-state index contributed by atoms with van der Waals surface area (Å²) in [4.78, 5) is 0. The van der Waals surface area contributed by atoms with Gasteiger partial charge in [0, 0.05) is 0 Å². The average Bonchev–Trinajstić information content (AvgIpc) is 2.66. The molecule has 5 nitrogen and oxygen atoms in total. The lowest BCUT2D eigenvalue weighted by atomic mass is 9.99. The summed E-state index contributed by atoms with van der Waals surface area (Å²) in [7, 11) is 0. The standard InChI is InChI=1S/C11H23N5/c1-6-8-11(4,5)16-10(13-14-15-16)9(3)12-7-2/h9,12H,6-8H2,1-5H3. The maximum absolute atomic E-state index is 4.13. The molecule has 1 aromatic heterocycles. The molecule has 1 rings (SSSR count). The van der Waals surface area contributed by atoms with Crippen molar-refractivity contribution in [1.29, 1.82) is 0 Å². The van der Waals surface area contributed by atoms with Gasteiger partial charge in [0.1, 0.15) is 0 Å². The van der Waals surface area contributed by atoms with Crippen molar-refractivity contribution in [2.24, 2.45) is 0 Å². The van der Waals surface area contributed by atoms with Gasteiger partial charge in [-0.2, -0.15) is 0 Å². The number of hydrogen-bond acceptors (Lipinski definition) is 4. The summed E-state index contributed by atoms with van der Waals surface area (Å²) >= 11 is 0. The Kier molecular flexibility index (Phi) is 4.41. The van der Waals surface area contributed by atoms with Crippen LogP contribution in [0.4, 0.5) is 0 Å². The molecule has 0 aromatic carbocycles. The highest BCUT2D eigenvalue weighted by atomic mass is 15.6. The first-order valence-corrected chi connectivity index (χ1v) is 6.05. The molecule has 0 fully saturated rings. The average molecular weight is 225 g/mol. The van der Waals surface area contributed by atoms with Crippen molar-refractivity contribution in [2.75, 3.05) is 6.54 Å². The van der Waals surface area contributed by atoms with Crippen molar-refractivity contribution in [1.82, 2.24) is 25.5 Å². The van der Waals surface area contributed by atoms with E-state index in [1.165, 1.54) is 0 Å². The number of rotatable bonds is 6. The minimum Gasteiger partial charge on any atom is -0.308 e. The molecule has 0 saturated heterocycles. The minimum atomic E-state index is -0.0166. The fourth-order valence-corrected chi connectivity index (χ4v) is 2.01. The molecule has 1 unspecified atom stereocenters. The van der Waals surface area contributed by atoms with Gasteiger partial charge in [-0.3, -0.25) is 0 Å². The SMILES string of the molecule is CCCC(C)(C)n1nnnc1C(C)NCC. The number of aromatic nitrogens is 4. The van der Waals surface area contributed by atoms with Crippen LogP contribution in [0.5, 0.6) is 0 Å². The van der Waals surface area contributed by atoms with E-state index in [2.05, 4.69) is 55.5 Å². The van der Waals surface area contributed by atoms with E-state index in [0.29, 0.717) is 0 Å². The van der Waals surface area contributed by atoms with E-state index in [0.717, 1.165) is 25.2 Å². The van der Waals surface area contributed by atoms with Crippen molar-refractivity contribution in [3.8, 4) is 0 Å². The molecular formula is C11H23N5. The highest BCUT2D eigenvalue weighted by molar-refractivity contribution is 4.94. The summed E-state index contributed by atoms with van der Waals surface area (Å²) in [5.74, 6) is 0.917. The molecule has 1 atom stereocenters. The molecule has 0 bridgehead atoms. The third-order valence-electron chi connectivity index (χ3n) is 2.83. The number of tetrazole rings is 1. The van der Waals surface area contributed by atoms with E-state index in [4.69, 9.17) is 0 Å². The first kappa shape index (κ1) is 13.1. The summed E-state index contributed by atoms with van der Waals surface area (Å²) in [6.07, 6.45) is 2.20. The molecule has 16 heavy (non-hydrogen) atoms. The Morgan fingerprint density at radius 1 is 1.38 bits per heavy atom. The highest BCUT2D eigenvalue weighted by Crippen LogP contribution is 2.23. The Morgan fingerprint density at radius 3 is 2.62 bits per heavy atom. The van der Waals surface area contributed by atoms with Gasteiger partial charge in [-0.25, -0.2) is 4.68 Å². The van der Waals surface area contributed by atoms with E-state index in [1.54, 1.807) is 0 Å². The van der Waals surface area contributed by atoms with Crippen molar-refractivity contribution < 1.29 is 0 Å². The lowest BCUT2D eigenvalue weighted by Crippen LogP contribution is -2.32. The fourth-order valence-electron chi connectivity index (χ4n) is 2.01. The van der Waals surface area contributed by atoms with Gasteiger partial charge >= 0.3 is 0 Å². The van der Waals surface area contributed by atoms with E-state index >= 15 is 0 Å². The summed E-state index contributed by atoms with van der Waals surface area (Å²) in [6, 6.07) is 0.191. The van der Waals surface area contributed by atoms with Crippen LogP contribution in [0.15, 0.2) is 0 Å². The molecule has 0 saturated carbocycles. The third-order valence-corrected chi connectivity index (χ3v) is 2.83. The van der Waals surface area contributed by atoms with Gasteiger partial charge in [0.2, 0.25) is 0 Å². The van der Waals surface area contributed by atoms with E-state index in [1.807, 2.05) is 4.68 Å². The monoisotopic (exact) mass is 225 g/mol. The second-order valence-corrected chi connectivity index (χ2v) is 4.79. The molecule has 0 aliphatic heterocycles. The summed E-state index contributed by atoms with van der Waals surface area (Å²) in [5.41, 5.74) is -0.0166. The van der Waals surface area contributed by atoms with Crippen molar-refractivity contribution in [3.63, 3.8) is 0 Å². The van der Waals surface area contributed by atoms with Crippen molar-refractivity contribution in [3.05, 3.63) is 5.82 Å². The molecule has 92 valence electrons. The predicted octanol–water partition coefficient (Wildman–Crippen LogP) is 1.88. The van der Waals surface area contributed by atoms with Crippen LogP contribution in [-0.2, 0) is 5.54 Å². The Labute approximate surface area is 97.6 Å². The second-order valence-electron chi connectivity index (χ2n) is 4.79. The van der Waals surface area contributed by atoms with Crippen LogP contribution >= 0.6 is 0 Å². The molecule has 0 radical (unpaired) electrons. The fraction of sp³-hybridized carbons (Fsp3) is 0.909. The molecular weight excluding hydrogens is 202 g/mol. The molecule has 1 aromatic rings. The van der Waals surface area contributed by atoms with Crippen LogP contribution in [0.3, 0.4) is 0 Å². The van der Waals surface area contributed by atoms with Crippen LogP contribution in [-0.4, -0.2) is 26.8 Å². The van der Waals surface area contributed by atoms with Crippen LogP contribution in [0, 0.1) is 0 Å². The molecule has 0 aliphatic carbocycles. The van der Waals surface area contributed by atoms with Gasteiger partial charge in [-0.15, -0.1) is 5.10 Å². The molecule has 1 heterocycles. The second kappa shape index (κ2) is 5.39. The molecule has 5 heteroatoms. The number of hydrogen-bond donors (Lipinski definition) is 1. The maximum atomic E-state index is 4.13. The Bertz CT molecular complexity index is 318. The molecule has 0 aliphatic rings. The largest absolute Gasteiger partial charge is 0.308 e. The lowest BCUT2D eigenvalue weighted by molar-refractivity contribution is 0.270. The Balaban J connectivity index is 2.93. The van der Waals surface area contributed by atoms with Crippen molar-refractivity contribution >= 4 is 0 Å². The van der Waals surface area contributed by atoms with Gasteiger partial charge in [0.15, 0.2) is 5.82 Å². The molecule has 0 spiro atoms. The molecule has 0 amide bonds. The van der Waals surface area contributed by atoms with Gasteiger partial charge in [-0.1, -0.05) is 20.3 Å². The zero-order valence-corrected chi connectivity index (χ0v) is 11.0. The maximum Gasteiger partial charge on any atom is 0.168 e. The summed E-state index contributed by atoms with van der Waals surface area (Å²) < 4.78 is 1.95. The first-order valence-electron chi connectivity index (χ1n) is 6.05. The number of nitrogens with one attached hydrogen (secondary N) is 1. The van der Waals surface area contributed by atoms with Gasteiger partial charge in [0.05, 0.1) is 11.6 Å². The highest BCUT2D eigenvalue weighted by Gasteiger charge is 2.26. The Hall–Kier alpha value is -0.970. The van der Waals surface area contributed by atoms with E-state index in [-0.39, 0.29) is 11.6 Å². The summed E-state index contributed by atoms with van der Waals surface area (Å²) in [6.45, 7) is 11.6. The van der Waals surface area contributed by atoms with E-state index in [9.17, 15) is 0 Å². The third kappa shape index (κ3) is 2.78. The Morgan fingerprint density at radius 2 is 2.06 bits per heavy atom. The number of nitrogens with zero attached hydrogens (tertiary/aromatic N) is 4. The quantitative estimate of drug-likeness (QED) is 0.803. The van der Waals surface area contributed by atoms with Crippen LogP contribution in [0.25, 0.3) is 0 Å². The van der Waals surface area contributed by atoms with Crippen LogP contribution in [0.2, 0.25) is 0 Å². The van der Waals surface area contributed by atoms with Gasteiger partial charge in [-0.05, 0) is 44.2 Å². The topological polar surface area (TPSA) is 55.6 Å². The lowest BCUT2D eigenvalue weighted by Gasteiger charge is -2.26. The smallest absolute Gasteiger partial charge is 0.168 e. The minimum absolute atomic E-state index is 0.0166. The van der Waals surface area contributed by atoms with Crippen molar-refractivity contribution in [2.45, 2.75) is 59.0 Å². The van der Waals surface area contributed by atoms with Crippen LogP contribution < -0.4 is 5.32 Å². The van der Waals surface area contributed by atoms with E-state index < -0.39 is 0 Å². The normalized spacial score (nSPS) is 14.1. The van der Waals surface area contributed by atoms with Crippen LogP contribution in [0.1, 0.15) is 59.3 Å². The zero-order chi connectivity index (χ0) is 12.2. The first-order chi connectivity index (χ1) is 7.53. The predicted molar refractivity (Wildman–Crippen MR) is 64.1 cm³/mol. The van der Waals surface area contributed by atoms with Gasteiger partial charge in [0.25, 0.3) is 0 Å². The van der Waals surface area contributed by atoms with Gasteiger partial charge < -0.3 is 5.32 Å². The zero-order valence-electron chi connectivity index (χ0n) is 11.0.